The molecular formula is C8H12ClN3O. The van der Waals surface area contributed by atoms with E-state index in [0.29, 0.717) is 12.1 Å². The molecule has 0 bridgehead atoms. The molecule has 0 unspecified atom stereocenters. The fraction of sp³-hybridized carbons (Fsp3) is 0.625. The van der Waals surface area contributed by atoms with E-state index in [1.54, 1.807) is 6.20 Å². The molecule has 0 saturated heterocycles. The summed E-state index contributed by atoms with van der Waals surface area (Å²) in [5, 5.41) is 13.0. The van der Waals surface area contributed by atoms with Gasteiger partial charge < -0.3 is 5.11 Å². The van der Waals surface area contributed by atoms with Crippen LogP contribution in [0.1, 0.15) is 24.4 Å². The second kappa shape index (κ2) is 3.65. The van der Waals surface area contributed by atoms with Gasteiger partial charge in [0, 0.05) is 17.8 Å². The van der Waals surface area contributed by atoms with Crippen LogP contribution in [0.25, 0.3) is 0 Å². The smallest absolute Gasteiger partial charge is 0.0712 e. The maximum absolute atomic E-state index is 8.83. The van der Waals surface area contributed by atoms with Gasteiger partial charge in [-0.2, -0.15) is 5.10 Å². The van der Waals surface area contributed by atoms with Gasteiger partial charge in [-0.05, 0) is 24.6 Å². The Hall–Kier alpha value is -0.580. The summed E-state index contributed by atoms with van der Waals surface area (Å²) in [5.41, 5.74) is 0.863. The third kappa shape index (κ3) is 1.70. The van der Waals surface area contributed by atoms with Gasteiger partial charge in [0.2, 0.25) is 0 Å². The van der Waals surface area contributed by atoms with Crippen molar-refractivity contribution in [3.63, 3.8) is 0 Å². The molecule has 4 nitrogen and oxygen atoms in total. The lowest BCUT2D eigenvalue weighted by atomic mass is 9.88. The number of nitrogens with one attached hydrogen (secondary N) is 1. The number of halogens is 1. The van der Waals surface area contributed by atoms with Gasteiger partial charge in [-0.25, -0.2) is 4.84 Å². The summed E-state index contributed by atoms with van der Waals surface area (Å²) >= 11 is 5.47. The Labute approximate surface area is 81.6 Å². The normalized spacial score (nSPS) is 27.2. The van der Waals surface area contributed by atoms with Crippen molar-refractivity contribution in [3.8, 4) is 0 Å². The predicted molar refractivity (Wildman–Crippen MR) is 49.2 cm³/mol. The topological polar surface area (TPSA) is 50.1 Å². The molecule has 13 heavy (non-hydrogen) atoms. The van der Waals surface area contributed by atoms with Crippen LogP contribution in [0, 0.1) is 0 Å². The lowest BCUT2D eigenvalue weighted by Crippen LogP contribution is -2.38. The summed E-state index contributed by atoms with van der Waals surface area (Å²) in [7, 11) is 0. The van der Waals surface area contributed by atoms with Crippen LogP contribution in [-0.4, -0.2) is 20.9 Å². The summed E-state index contributed by atoms with van der Waals surface area (Å²) < 4.78 is 1.90. The molecule has 5 heteroatoms. The van der Waals surface area contributed by atoms with Crippen LogP contribution in [0.5, 0.6) is 0 Å². The quantitative estimate of drug-likeness (QED) is 0.713. The van der Waals surface area contributed by atoms with Crippen molar-refractivity contribution in [2.75, 3.05) is 0 Å². The number of aliphatic hydroxyl groups excluding tert-OH is 1. The minimum Gasteiger partial charge on any atom is -0.392 e. The SMILES string of the molecule is OCc1cnn([C@H]2C[C@H](NCl)C2)c1. The molecule has 2 N–H and O–H groups in total. The predicted octanol–water partition coefficient (Wildman–Crippen LogP) is 0.822. The molecule has 0 aromatic carbocycles. The van der Waals surface area contributed by atoms with Crippen LogP contribution < -0.4 is 4.84 Å². The number of aromatic nitrogens is 2. The lowest BCUT2D eigenvalue weighted by molar-refractivity contribution is 0.233. The molecule has 1 aliphatic rings. The third-order valence-corrected chi connectivity index (χ3v) is 2.79. The van der Waals surface area contributed by atoms with Crippen molar-refractivity contribution in [2.45, 2.75) is 31.5 Å². The first-order valence-electron chi connectivity index (χ1n) is 4.33. The molecular weight excluding hydrogens is 190 g/mol. The lowest BCUT2D eigenvalue weighted by Gasteiger charge is -2.33. The minimum atomic E-state index is 0.0594. The van der Waals surface area contributed by atoms with E-state index >= 15 is 0 Å². The van der Waals surface area contributed by atoms with E-state index in [-0.39, 0.29) is 6.61 Å². The maximum atomic E-state index is 8.83. The molecule has 0 atom stereocenters. The standard InChI is InChI=1S/C8H12ClN3O/c9-11-7-1-8(2-7)12-4-6(5-13)3-10-12/h3-4,7-8,11,13H,1-2,5H2/t7-,8-. The number of aliphatic hydroxyl groups is 1. The van der Waals surface area contributed by atoms with Gasteiger partial charge in [0.1, 0.15) is 0 Å². The van der Waals surface area contributed by atoms with Gasteiger partial charge in [-0.1, -0.05) is 0 Å². The summed E-state index contributed by atoms with van der Waals surface area (Å²) in [6.45, 7) is 0.0594. The zero-order valence-electron chi connectivity index (χ0n) is 7.15. The Balaban J connectivity index is 1.95. The van der Waals surface area contributed by atoms with E-state index in [4.69, 9.17) is 16.9 Å². The Morgan fingerprint density at radius 3 is 3.00 bits per heavy atom. The molecule has 1 aromatic heterocycles. The third-order valence-electron chi connectivity index (χ3n) is 2.48. The average Bonchev–Trinajstić information content (AvgIpc) is 2.51. The molecule has 72 valence electrons. The van der Waals surface area contributed by atoms with Crippen LogP contribution >= 0.6 is 11.8 Å². The van der Waals surface area contributed by atoms with E-state index in [2.05, 4.69) is 9.93 Å². The summed E-state index contributed by atoms with van der Waals surface area (Å²) in [4.78, 5) is 2.70. The highest BCUT2D eigenvalue weighted by Gasteiger charge is 2.30. The van der Waals surface area contributed by atoms with E-state index in [1.807, 2.05) is 10.9 Å². The molecule has 0 aliphatic heterocycles. The molecule has 0 radical (unpaired) electrons. The van der Waals surface area contributed by atoms with Crippen LogP contribution in [0.2, 0.25) is 0 Å². The second-order valence-electron chi connectivity index (χ2n) is 3.42. The number of rotatable bonds is 3. The van der Waals surface area contributed by atoms with Gasteiger partial charge in [-0.15, -0.1) is 0 Å². The van der Waals surface area contributed by atoms with E-state index < -0.39 is 0 Å². The Morgan fingerprint density at radius 2 is 2.46 bits per heavy atom. The fourth-order valence-electron chi connectivity index (χ4n) is 1.55. The molecule has 1 heterocycles. The summed E-state index contributed by atoms with van der Waals surface area (Å²) in [5.74, 6) is 0. The Kier molecular flexibility index (Phi) is 2.53. The average molecular weight is 202 g/mol. The fourth-order valence-corrected chi connectivity index (χ4v) is 1.73. The van der Waals surface area contributed by atoms with Crippen LogP contribution in [-0.2, 0) is 6.61 Å². The van der Waals surface area contributed by atoms with Crippen LogP contribution in [0.4, 0.5) is 0 Å². The van der Waals surface area contributed by atoms with Crippen molar-refractivity contribution in [1.29, 1.82) is 0 Å². The molecule has 1 fully saturated rings. The molecule has 2 rings (SSSR count). The van der Waals surface area contributed by atoms with Gasteiger partial charge >= 0.3 is 0 Å². The van der Waals surface area contributed by atoms with Crippen molar-refractivity contribution < 1.29 is 5.11 Å². The van der Waals surface area contributed by atoms with Crippen molar-refractivity contribution in [1.82, 2.24) is 14.6 Å². The van der Waals surface area contributed by atoms with Gasteiger partial charge in [0.05, 0.1) is 18.8 Å². The highest BCUT2D eigenvalue weighted by molar-refractivity contribution is 6.13. The molecule has 0 amide bonds. The monoisotopic (exact) mass is 201 g/mol. The zero-order chi connectivity index (χ0) is 9.26. The number of nitrogens with zero attached hydrogens (tertiary/aromatic N) is 2. The first-order chi connectivity index (χ1) is 6.33. The van der Waals surface area contributed by atoms with E-state index in [1.165, 1.54) is 0 Å². The Morgan fingerprint density at radius 1 is 1.69 bits per heavy atom. The highest BCUT2D eigenvalue weighted by Crippen LogP contribution is 2.31. The van der Waals surface area contributed by atoms with Crippen molar-refractivity contribution >= 4 is 11.8 Å². The van der Waals surface area contributed by atoms with Gasteiger partial charge in [0.15, 0.2) is 0 Å². The molecule has 1 aromatic rings. The number of hydrogen-bond acceptors (Lipinski definition) is 3. The van der Waals surface area contributed by atoms with E-state index in [9.17, 15) is 0 Å². The van der Waals surface area contributed by atoms with Gasteiger partial charge in [-0.3, -0.25) is 4.68 Å². The maximum Gasteiger partial charge on any atom is 0.0712 e. The number of hydrogen-bond donors (Lipinski definition) is 2. The van der Waals surface area contributed by atoms with Crippen LogP contribution in [0.15, 0.2) is 12.4 Å². The Bertz CT molecular complexity index is 283. The summed E-state index contributed by atoms with van der Waals surface area (Å²) in [6, 6.07) is 0.852. The van der Waals surface area contributed by atoms with Crippen molar-refractivity contribution in [2.24, 2.45) is 0 Å². The van der Waals surface area contributed by atoms with Gasteiger partial charge in [0.25, 0.3) is 0 Å². The molecule has 1 saturated carbocycles. The second-order valence-corrected chi connectivity index (χ2v) is 3.64. The van der Waals surface area contributed by atoms with E-state index in [0.717, 1.165) is 18.4 Å². The molecule has 1 aliphatic carbocycles. The molecule has 0 spiro atoms. The zero-order valence-corrected chi connectivity index (χ0v) is 7.91. The first-order valence-corrected chi connectivity index (χ1v) is 4.71. The first kappa shape index (κ1) is 8.99. The highest BCUT2D eigenvalue weighted by atomic mass is 35.5. The summed E-state index contributed by atoms with van der Waals surface area (Å²) in [6.07, 6.45) is 5.60. The largest absolute Gasteiger partial charge is 0.392 e. The van der Waals surface area contributed by atoms with Crippen LogP contribution in [0.3, 0.4) is 0 Å². The minimum absolute atomic E-state index is 0.0594. The van der Waals surface area contributed by atoms with Crippen molar-refractivity contribution in [3.05, 3.63) is 18.0 Å².